The zero-order chi connectivity index (χ0) is 14.5. The Kier molecular flexibility index (Phi) is 4.23. The van der Waals surface area contributed by atoms with Gasteiger partial charge in [0.25, 0.3) is 0 Å². The smallest absolute Gasteiger partial charge is 0.170 e. The van der Waals surface area contributed by atoms with Gasteiger partial charge in [-0.3, -0.25) is 0 Å². The predicted molar refractivity (Wildman–Crippen MR) is 81.1 cm³/mol. The highest BCUT2D eigenvalue weighted by atomic mass is 35.5. The summed E-state index contributed by atoms with van der Waals surface area (Å²) >= 11 is 5.87. The van der Waals surface area contributed by atoms with Crippen LogP contribution in [-0.4, -0.2) is 20.2 Å². The fraction of sp³-hybridized carbons (Fsp3) is 0.133. The Labute approximate surface area is 127 Å². The Morgan fingerprint density at radius 1 is 0.952 bits per heavy atom. The van der Waals surface area contributed by atoms with Crippen molar-refractivity contribution in [2.45, 2.75) is 13.1 Å². The van der Waals surface area contributed by atoms with E-state index in [1.807, 2.05) is 54.6 Å². The Hall–Kier alpha value is -2.24. The van der Waals surface area contributed by atoms with Gasteiger partial charge in [0.15, 0.2) is 5.82 Å². The van der Waals surface area contributed by atoms with E-state index in [0.717, 1.165) is 28.6 Å². The van der Waals surface area contributed by atoms with Crippen molar-refractivity contribution in [1.29, 1.82) is 0 Å². The van der Waals surface area contributed by atoms with E-state index in [4.69, 9.17) is 11.6 Å². The number of para-hydroxylation sites is 1. The van der Waals surface area contributed by atoms with Crippen LogP contribution in [0.15, 0.2) is 54.6 Å². The minimum absolute atomic E-state index is 0.588. The van der Waals surface area contributed by atoms with Crippen LogP contribution < -0.4 is 5.32 Å². The van der Waals surface area contributed by atoms with Crippen molar-refractivity contribution in [3.8, 4) is 5.69 Å². The summed E-state index contributed by atoms with van der Waals surface area (Å²) in [4.78, 5) is 0. The van der Waals surface area contributed by atoms with Crippen molar-refractivity contribution in [3.63, 3.8) is 0 Å². The molecule has 0 aliphatic carbocycles. The topological polar surface area (TPSA) is 55.6 Å². The van der Waals surface area contributed by atoms with E-state index >= 15 is 0 Å². The van der Waals surface area contributed by atoms with Crippen LogP contribution in [0.1, 0.15) is 11.4 Å². The molecule has 0 bridgehead atoms. The number of aromatic nitrogens is 4. The molecule has 0 saturated heterocycles. The summed E-state index contributed by atoms with van der Waals surface area (Å²) in [5.74, 6) is 0.773. The summed E-state index contributed by atoms with van der Waals surface area (Å²) in [7, 11) is 0. The van der Waals surface area contributed by atoms with Crippen molar-refractivity contribution in [2.24, 2.45) is 0 Å². The normalized spacial score (nSPS) is 10.7. The number of hydrogen-bond donors (Lipinski definition) is 1. The molecule has 3 rings (SSSR count). The third kappa shape index (κ3) is 3.45. The average molecular weight is 300 g/mol. The SMILES string of the molecule is Clc1ccc(CNCc2nnnn2-c2ccccc2)cc1. The highest BCUT2D eigenvalue weighted by molar-refractivity contribution is 6.30. The Morgan fingerprint density at radius 3 is 2.48 bits per heavy atom. The molecule has 1 N–H and O–H groups in total. The molecule has 1 heterocycles. The summed E-state index contributed by atoms with van der Waals surface area (Å²) in [5.41, 5.74) is 2.11. The molecule has 6 heteroatoms. The van der Waals surface area contributed by atoms with Crippen molar-refractivity contribution in [1.82, 2.24) is 25.5 Å². The molecule has 0 unspecified atom stereocenters. The third-order valence-electron chi connectivity index (χ3n) is 3.06. The summed E-state index contributed by atoms with van der Waals surface area (Å²) in [5, 5.41) is 15.9. The first-order valence-corrected chi connectivity index (χ1v) is 6.98. The molecule has 0 aliphatic heterocycles. The van der Waals surface area contributed by atoms with Crippen LogP contribution in [0.25, 0.3) is 5.69 Å². The van der Waals surface area contributed by atoms with E-state index in [2.05, 4.69) is 20.8 Å². The zero-order valence-corrected chi connectivity index (χ0v) is 12.0. The van der Waals surface area contributed by atoms with Crippen LogP contribution in [0.5, 0.6) is 0 Å². The molecular weight excluding hydrogens is 286 g/mol. The van der Waals surface area contributed by atoms with E-state index < -0.39 is 0 Å². The number of nitrogens with one attached hydrogen (secondary N) is 1. The van der Waals surface area contributed by atoms with Gasteiger partial charge in [-0.15, -0.1) is 5.10 Å². The Morgan fingerprint density at radius 2 is 1.71 bits per heavy atom. The van der Waals surface area contributed by atoms with Gasteiger partial charge in [0.05, 0.1) is 12.2 Å². The van der Waals surface area contributed by atoms with Crippen LogP contribution in [0.2, 0.25) is 5.02 Å². The lowest BCUT2D eigenvalue weighted by Gasteiger charge is -2.06. The number of nitrogens with zero attached hydrogens (tertiary/aromatic N) is 4. The molecule has 5 nitrogen and oxygen atoms in total. The summed E-state index contributed by atoms with van der Waals surface area (Å²) < 4.78 is 1.73. The minimum Gasteiger partial charge on any atom is -0.306 e. The second kappa shape index (κ2) is 6.47. The average Bonchev–Trinajstić information content (AvgIpc) is 2.99. The summed E-state index contributed by atoms with van der Waals surface area (Å²) in [6.45, 7) is 1.32. The lowest BCUT2D eigenvalue weighted by molar-refractivity contribution is 0.641. The van der Waals surface area contributed by atoms with Gasteiger partial charge >= 0.3 is 0 Å². The lowest BCUT2D eigenvalue weighted by atomic mass is 10.2. The Balaban J connectivity index is 1.64. The van der Waals surface area contributed by atoms with Gasteiger partial charge in [-0.05, 0) is 40.3 Å². The molecule has 1 aromatic heterocycles. The fourth-order valence-corrected chi connectivity index (χ4v) is 2.13. The van der Waals surface area contributed by atoms with E-state index in [-0.39, 0.29) is 0 Å². The molecule has 0 fully saturated rings. The molecule has 0 saturated carbocycles. The van der Waals surface area contributed by atoms with Gasteiger partial charge in [-0.25, -0.2) is 0 Å². The van der Waals surface area contributed by atoms with Gasteiger partial charge in [-0.2, -0.15) is 4.68 Å². The number of benzene rings is 2. The van der Waals surface area contributed by atoms with Crippen LogP contribution in [0.4, 0.5) is 0 Å². The van der Waals surface area contributed by atoms with E-state index in [9.17, 15) is 0 Å². The van der Waals surface area contributed by atoms with E-state index in [1.165, 1.54) is 0 Å². The highest BCUT2D eigenvalue weighted by Crippen LogP contribution is 2.10. The van der Waals surface area contributed by atoms with Gasteiger partial charge < -0.3 is 5.32 Å². The molecule has 0 radical (unpaired) electrons. The van der Waals surface area contributed by atoms with E-state index in [1.54, 1.807) is 4.68 Å². The predicted octanol–water partition coefficient (Wildman–Crippen LogP) is 2.61. The second-order valence-electron chi connectivity index (χ2n) is 4.57. The largest absolute Gasteiger partial charge is 0.306 e. The number of halogens is 1. The number of rotatable bonds is 5. The molecule has 0 aliphatic rings. The third-order valence-corrected chi connectivity index (χ3v) is 3.31. The maximum atomic E-state index is 5.87. The molecule has 106 valence electrons. The molecular formula is C15H14ClN5. The zero-order valence-electron chi connectivity index (χ0n) is 11.3. The van der Waals surface area contributed by atoms with Crippen LogP contribution in [0, 0.1) is 0 Å². The van der Waals surface area contributed by atoms with Crippen LogP contribution in [-0.2, 0) is 13.1 Å². The van der Waals surface area contributed by atoms with Gasteiger partial charge in [0.1, 0.15) is 0 Å². The molecule has 0 spiro atoms. The molecule has 0 atom stereocenters. The van der Waals surface area contributed by atoms with Crippen molar-refractivity contribution in [2.75, 3.05) is 0 Å². The second-order valence-corrected chi connectivity index (χ2v) is 5.01. The van der Waals surface area contributed by atoms with Gasteiger partial charge in [-0.1, -0.05) is 41.9 Å². The monoisotopic (exact) mass is 299 g/mol. The van der Waals surface area contributed by atoms with Gasteiger partial charge in [0.2, 0.25) is 0 Å². The van der Waals surface area contributed by atoms with Crippen molar-refractivity contribution >= 4 is 11.6 Å². The lowest BCUT2D eigenvalue weighted by Crippen LogP contribution is -2.16. The Bertz CT molecular complexity index is 694. The summed E-state index contributed by atoms with van der Waals surface area (Å²) in [6, 6.07) is 17.6. The molecule has 3 aromatic rings. The quantitative estimate of drug-likeness (QED) is 0.787. The van der Waals surface area contributed by atoms with Crippen LogP contribution >= 0.6 is 11.6 Å². The molecule has 21 heavy (non-hydrogen) atoms. The van der Waals surface area contributed by atoms with E-state index in [0.29, 0.717) is 6.54 Å². The summed E-state index contributed by atoms with van der Waals surface area (Å²) in [6.07, 6.45) is 0. The first-order chi connectivity index (χ1) is 10.3. The van der Waals surface area contributed by atoms with Gasteiger partial charge in [0, 0.05) is 11.6 Å². The first-order valence-electron chi connectivity index (χ1n) is 6.61. The van der Waals surface area contributed by atoms with Crippen molar-refractivity contribution in [3.05, 3.63) is 71.0 Å². The maximum absolute atomic E-state index is 5.87. The number of tetrazole rings is 1. The first kappa shape index (κ1) is 13.7. The maximum Gasteiger partial charge on any atom is 0.170 e. The standard InChI is InChI=1S/C15H14ClN5/c16-13-8-6-12(7-9-13)10-17-11-15-18-19-20-21(15)14-4-2-1-3-5-14/h1-9,17H,10-11H2. The highest BCUT2D eigenvalue weighted by Gasteiger charge is 2.07. The van der Waals surface area contributed by atoms with Crippen LogP contribution in [0.3, 0.4) is 0 Å². The molecule has 2 aromatic carbocycles. The van der Waals surface area contributed by atoms with Crippen molar-refractivity contribution < 1.29 is 0 Å². The fourth-order valence-electron chi connectivity index (χ4n) is 2.01. The molecule has 0 amide bonds. The number of hydrogen-bond acceptors (Lipinski definition) is 4. The minimum atomic E-state index is 0.588.